The van der Waals surface area contributed by atoms with Gasteiger partial charge in [-0.05, 0) is 32.2 Å². The number of amides is 1. The summed E-state index contributed by atoms with van der Waals surface area (Å²) >= 11 is 0. The summed E-state index contributed by atoms with van der Waals surface area (Å²) in [6.45, 7) is 8.16. The van der Waals surface area contributed by atoms with Crippen LogP contribution in [0, 0.1) is 5.92 Å². The summed E-state index contributed by atoms with van der Waals surface area (Å²) in [5.41, 5.74) is 0. The first-order chi connectivity index (χ1) is 8.00. The van der Waals surface area contributed by atoms with E-state index in [0.717, 1.165) is 25.9 Å². The Kier molecular flexibility index (Phi) is 5.62. The van der Waals surface area contributed by atoms with E-state index in [0.29, 0.717) is 18.9 Å². The van der Waals surface area contributed by atoms with Crippen LogP contribution in [0.2, 0.25) is 0 Å². The molecule has 1 amide bonds. The molecule has 4 nitrogen and oxygen atoms in total. The normalized spacial score (nSPS) is 19.4. The van der Waals surface area contributed by atoms with E-state index in [4.69, 9.17) is 0 Å². The average molecular weight is 240 g/mol. The van der Waals surface area contributed by atoms with Crippen molar-refractivity contribution in [2.24, 2.45) is 5.92 Å². The van der Waals surface area contributed by atoms with Gasteiger partial charge in [0.2, 0.25) is 5.91 Å². The lowest BCUT2D eigenvalue weighted by molar-refractivity contribution is -0.129. The van der Waals surface area contributed by atoms with E-state index in [1.165, 1.54) is 0 Å². The number of piperidine rings is 1. The number of hydrogen-bond acceptors (Lipinski definition) is 3. The van der Waals surface area contributed by atoms with Gasteiger partial charge in [-0.25, -0.2) is 0 Å². The minimum Gasteiger partial charge on any atom is -0.355 e. The second-order valence-electron chi connectivity index (χ2n) is 5.26. The SMILES string of the molecule is CC(C)CCNC(=O)C(C)N1CCCC(=O)C1. The Balaban J connectivity index is 2.32. The van der Waals surface area contributed by atoms with Gasteiger partial charge in [-0.1, -0.05) is 13.8 Å². The molecular weight excluding hydrogens is 216 g/mol. The average Bonchev–Trinajstić information content (AvgIpc) is 2.27. The fourth-order valence-electron chi connectivity index (χ4n) is 1.99. The smallest absolute Gasteiger partial charge is 0.237 e. The molecule has 1 rings (SSSR count). The number of nitrogens with zero attached hydrogens (tertiary/aromatic N) is 1. The van der Waals surface area contributed by atoms with Crippen LogP contribution in [0.15, 0.2) is 0 Å². The summed E-state index contributed by atoms with van der Waals surface area (Å²) in [6.07, 6.45) is 2.54. The number of carbonyl (C=O) groups excluding carboxylic acids is 2. The van der Waals surface area contributed by atoms with Crippen LogP contribution in [-0.4, -0.2) is 42.3 Å². The highest BCUT2D eigenvalue weighted by molar-refractivity contribution is 5.84. The Morgan fingerprint density at radius 3 is 2.71 bits per heavy atom. The first-order valence-electron chi connectivity index (χ1n) is 6.54. The van der Waals surface area contributed by atoms with Gasteiger partial charge in [0, 0.05) is 13.0 Å². The summed E-state index contributed by atoms with van der Waals surface area (Å²) in [6, 6.07) is -0.189. The molecule has 0 aromatic rings. The largest absolute Gasteiger partial charge is 0.355 e. The lowest BCUT2D eigenvalue weighted by atomic mass is 10.1. The molecule has 1 N–H and O–H groups in total. The maximum absolute atomic E-state index is 11.9. The van der Waals surface area contributed by atoms with Gasteiger partial charge in [0.05, 0.1) is 12.6 Å². The minimum absolute atomic E-state index is 0.0420. The monoisotopic (exact) mass is 240 g/mol. The van der Waals surface area contributed by atoms with Crippen LogP contribution in [0.5, 0.6) is 0 Å². The zero-order valence-corrected chi connectivity index (χ0v) is 11.2. The number of ketones is 1. The summed E-state index contributed by atoms with van der Waals surface area (Å²) < 4.78 is 0. The quantitative estimate of drug-likeness (QED) is 0.785. The third-order valence-electron chi connectivity index (χ3n) is 3.23. The van der Waals surface area contributed by atoms with E-state index in [2.05, 4.69) is 19.2 Å². The Hall–Kier alpha value is -0.900. The van der Waals surface area contributed by atoms with E-state index in [1.54, 1.807) is 0 Å². The third-order valence-corrected chi connectivity index (χ3v) is 3.23. The standard InChI is InChI=1S/C13H24N2O2/c1-10(2)6-7-14-13(17)11(3)15-8-4-5-12(16)9-15/h10-11H,4-9H2,1-3H3,(H,14,17). The second kappa shape index (κ2) is 6.74. The highest BCUT2D eigenvalue weighted by atomic mass is 16.2. The second-order valence-corrected chi connectivity index (χ2v) is 5.26. The fourth-order valence-corrected chi connectivity index (χ4v) is 1.99. The number of nitrogens with one attached hydrogen (secondary N) is 1. The van der Waals surface area contributed by atoms with Crippen molar-refractivity contribution in [3.8, 4) is 0 Å². The molecule has 17 heavy (non-hydrogen) atoms. The molecule has 0 bridgehead atoms. The first-order valence-corrected chi connectivity index (χ1v) is 6.54. The predicted octanol–water partition coefficient (Wildman–Crippen LogP) is 1.20. The highest BCUT2D eigenvalue weighted by Gasteiger charge is 2.25. The Morgan fingerprint density at radius 1 is 1.41 bits per heavy atom. The molecule has 1 unspecified atom stereocenters. The van der Waals surface area contributed by atoms with Crippen molar-refractivity contribution in [1.82, 2.24) is 10.2 Å². The van der Waals surface area contributed by atoms with Crippen molar-refractivity contribution < 1.29 is 9.59 Å². The molecule has 0 radical (unpaired) electrons. The lowest BCUT2D eigenvalue weighted by Crippen LogP contribution is -2.49. The number of likely N-dealkylation sites (tertiary alicyclic amines) is 1. The summed E-state index contributed by atoms with van der Waals surface area (Å²) in [7, 11) is 0. The fraction of sp³-hybridized carbons (Fsp3) is 0.846. The van der Waals surface area contributed by atoms with Crippen LogP contribution in [0.4, 0.5) is 0 Å². The van der Waals surface area contributed by atoms with Crippen LogP contribution in [0.3, 0.4) is 0 Å². The van der Waals surface area contributed by atoms with Crippen molar-refractivity contribution in [2.75, 3.05) is 19.6 Å². The van der Waals surface area contributed by atoms with Crippen LogP contribution >= 0.6 is 0 Å². The molecular formula is C13H24N2O2. The van der Waals surface area contributed by atoms with E-state index < -0.39 is 0 Å². The number of Topliss-reactive ketones (excluding diaryl/α,β-unsaturated/α-hetero) is 1. The van der Waals surface area contributed by atoms with Gasteiger partial charge in [-0.15, -0.1) is 0 Å². The molecule has 1 heterocycles. The van der Waals surface area contributed by atoms with Gasteiger partial charge in [-0.2, -0.15) is 0 Å². The molecule has 1 saturated heterocycles. The maximum atomic E-state index is 11.9. The lowest BCUT2D eigenvalue weighted by Gasteiger charge is -2.30. The van der Waals surface area contributed by atoms with E-state index in [9.17, 15) is 9.59 Å². The molecule has 4 heteroatoms. The van der Waals surface area contributed by atoms with E-state index in [-0.39, 0.29) is 17.7 Å². The summed E-state index contributed by atoms with van der Waals surface area (Å²) in [5.74, 6) is 0.889. The molecule has 1 aliphatic heterocycles. The van der Waals surface area contributed by atoms with Crippen molar-refractivity contribution >= 4 is 11.7 Å². The molecule has 0 aromatic carbocycles. The van der Waals surface area contributed by atoms with Crippen LogP contribution in [0.1, 0.15) is 40.0 Å². The van der Waals surface area contributed by atoms with Gasteiger partial charge in [0.25, 0.3) is 0 Å². The molecule has 98 valence electrons. The first kappa shape index (κ1) is 14.2. The Bertz CT molecular complexity index is 277. The molecule has 0 spiro atoms. The van der Waals surface area contributed by atoms with Crippen LogP contribution in [0.25, 0.3) is 0 Å². The van der Waals surface area contributed by atoms with Gasteiger partial charge in [-0.3, -0.25) is 14.5 Å². The third kappa shape index (κ3) is 4.86. The van der Waals surface area contributed by atoms with Gasteiger partial charge >= 0.3 is 0 Å². The molecule has 0 aliphatic carbocycles. The maximum Gasteiger partial charge on any atom is 0.237 e. The Labute approximate surface area is 104 Å². The van der Waals surface area contributed by atoms with Crippen molar-refractivity contribution in [3.63, 3.8) is 0 Å². The molecule has 1 fully saturated rings. The molecule has 1 aliphatic rings. The highest BCUT2D eigenvalue weighted by Crippen LogP contribution is 2.09. The Morgan fingerprint density at radius 2 is 2.12 bits per heavy atom. The van der Waals surface area contributed by atoms with Gasteiger partial charge < -0.3 is 5.32 Å². The molecule has 0 aromatic heterocycles. The predicted molar refractivity (Wildman–Crippen MR) is 67.7 cm³/mol. The van der Waals surface area contributed by atoms with Crippen molar-refractivity contribution in [2.45, 2.75) is 46.1 Å². The summed E-state index contributed by atoms with van der Waals surface area (Å²) in [5, 5.41) is 2.93. The summed E-state index contributed by atoms with van der Waals surface area (Å²) in [4.78, 5) is 25.2. The number of carbonyl (C=O) groups is 2. The van der Waals surface area contributed by atoms with E-state index in [1.807, 2.05) is 11.8 Å². The molecule has 1 atom stereocenters. The van der Waals surface area contributed by atoms with Gasteiger partial charge in [0.15, 0.2) is 0 Å². The molecule has 0 saturated carbocycles. The zero-order valence-electron chi connectivity index (χ0n) is 11.2. The van der Waals surface area contributed by atoms with Crippen LogP contribution in [-0.2, 0) is 9.59 Å². The van der Waals surface area contributed by atoms with Crippen molar-refractivity contribution in [1.29, 1.82) is 0 Å². The minimum atomic E-state index is -0.189. The van der Waals surface area contributed by atoms with Crippen molar-refractivity contribution in [3.05, 3.63) is 0 Å². The van der Waals surface area contributed by atoms with Gasteiger partial charge in [0.1, 0.15) is 5.78 Å². The zero-order chi connectivity index (χ0) is 12.8. The topological polar surface area (TPSA) is 49.4 Å². The number of rotatable bonds is 5. The van der Waals surface area contributed by atoms with Crippen LogP contribution < -0.4 is 5.32 Å². The number of hydrogen-bond donors (Lipinski definition) is 1. The van der Waals surface area contributed by atoms with E-state index >= 15 is 0 Å².